The number of nitrogens with one attached hydrogen (secondary N) is 2. The molecule has 0 unspecified atom stereocenters. The van der Waals surface area contributed by atoms with Gasteiger partial charge in [-0.15, -0.1) is 0 Å². The molecule has 0 saturated carbocycles. The van der Waals surface area contributed by atoms with E-state index in [0.29, 0.717) is 18.8 Å². The van der Waals surface area contributed by atoms with E-state index in [1.807, 2.05) is 0 Å². The van der Waals surface area contributed by atoms with Crippen molar-refractivity contribution in [1.82, 2.24) is 10.0 Å². The molecule has 0 aliphatic heterocycles. The van der Waals surface area contributed by atoms with E-state index in [-0.39, 0.29) is 10.6 Å². The van der Waals surface area contributed by atoms with Crippen LogP contribution in [0.3, 0.4) is 0 Å². The van der Waals surface area contributed by atoms with Crippen molar-refractivity contribution in [3.8, 4) is 0 Å². The van der Waals surface area contributed by atoms with Crippen LogP contribution in [-0.2, 0) is 10.0 Å². The zero-order chi connectivity index (χ0) is 15.3. The summed E-state index contributed by atoms with van der Waals surface area (Å²) in [4.78, 5) is 12.1. The Morgan fingerprint density at radius 3 is 2.50 bits per heavy atom. The monoisotopic (exact) mass is 302 g/mol. The topological polar surface area (TPSA) is 105 Å². The molecule has 0 aliphatic rings. The number of likely N-dealkylation sites (N-methyl/N-ethyl adjacent to an activating group) is 2. The summed E-state index contributed by atoms with van der Waals surface area (Å²) in [6.45, 7) is 1.22. The standard InChI is InChI=1S/C11H18N4O4S/c1-12-6-7-14(3)10-5-4-9(20(18,19)13-2)8-11(10)15(16)17/h4-5,8,12-13H,6-7H2,1-3H3. The van der Waals surface area contributed by atoms with Crippen LogP contribution in [0.4, 0.5) is 11.4 Å². The average Bonchev–Trinajstić information content (AvgIpc) is 2.43. The van der Waals surface area contributed by atoms with Gasteiger partial charge in [-0.1, -0.05) is 0 Å². The van der Waals surface area contributed by atoms with Crippen molar-refractivity contribution >= 4 is 21.4 Å². The van der Waals surface area contributed by atoms with Gasteiger partial charge in [0.05, 0.1) is 9.82 Å². The van der Waals surface area contributed by atoms with Gasteiger partial charge < -0.3 is 10.2 Å². The molecular weight excluding hydrogens is 284 g/mol. The molecule has 8 nitrogen and oxygen atoms in total. The third-order valence-electron chi connectivity index (χ3n) is 2.83. The number of rotatable bonds is 7. The van der Waals surface area contributed by atoms with E-state index in [1.54, 1.807) is 19.0 Å². The highest BCUT2D eigenvalue weighted by Crippen LogP contribution is 2.29. The van der Waals surface area contributed by atoms with E-state index in [9.17, 15) is 18.5 Å². The molecule has 0 amide bonds. The molecule has 0 aliphatic carbocycles. The lowest BCUT2D eigenvalue weighted by atomic mass is 10.2. The highest BCUT2D eigenvalue weighted by molar-refractivity contribution is 7.89. The van der Waals surface area contributed by atoms with Crippen molar-refractivity contribution in [2.45, 2.75) is 4.90 Å². The molecule has 2 N–H and O–H groups in total. The van der Waals surface area contributed by atoms with E-state index in [4.69, 9.17) is 0 Å². The number of nitrogens with zero attached hydrogens (tertiary/aromatic N) is 2. The van der Waals surface area contributed by atoms with Crippen molar-refractivity contribution < 1.29 is 13.3 Å². The van der Waals surface area contributed by atoms with Crippen LogP contribution in [0.25, 0.3) is 0 Å². The summed E-state index contributed by atoms with van der Waals surface area (Å²) in [6.07, 6.45) is 0. The van der Waals surface area contributed by atoms with Gasteiger partial charge in [-0.05, 0) is 26.2 Å². The molecule has 0 bridgehead atoms. The molecule has 112 valence electrons. The van der Waals surface area contributed by atoms with E-state index >= 15 is 0 Å². The minimum atomic E-state index is -3.70. The first-order valence-electron chi connectivity index (χ1n) is 5.91. The fourth-order valence-corrected chi connectivity index (χ4v) is 2.41. The zero-order valence-electron chi connectivity index (χ0n) is 11.6. The summed E-state index contributed by atoms with van der Waals surface area (Å²) < 4.78 is 25.5. The molecule has 0 atom stereocenters. The first-order chi connectivity index (χ1) is 9.33. The highest BCUT2D eigenvalue weighted by Gasteiger charge is 2.22. The lowest BCUT2D eigenvalue weighted by Crippen LogP contribution is -2.27. The van der Waals surface area contributed by atoms with Gasteiger partial charge in [0.2, 0.25) is 10.0 Å². The fraction of sp³-hybridized carbons (Fsp3) is 0.455. The first-order valence-corrected chi connectivity index (χ1v) is 7.39. The summed E-state index contributed by atoms with van der Waals surface area (Å²) in [5, 5.41) is 14.1. The second-order valence-corrected chi connectivity index (χ2v) is 6.03. The zero-order valence-corrected chi connectivity index (χ0v) is 12.4. The van der Waals surface area contributed by atoms with Crippen LogP contribution in [0.1, 0.15) is 0 Å². The molecule has 9 heteroatoms. The van der Waals surface area contributed by atoms with Gasteiger partial charge in [0.25, 0.3) is 5.69 Å². The van der Waals surface area contributed by atoms with E-state index < -0.39 is 14.9 Å². The van der Waals surface area contributed by atoms with Gasteiger partial charge >= 0.3 is 0 Å². The highest BCUT2D eigenvalue weighted by atomic mass is 32.2. The SMILES string of the molecule is CNCCN(C)c1ccc(S(=O)(=O)NC)cc1[N+](=O)[O-]. The molecule has 0 saturated heterocycles. The number of benzene rings is 1. The number of hydrogen-bond donors (Lipinski definition) is 2. The number of nitro benzene ring substituents is 1. The van der Waals surface area contributed by atoms with Gasteiger partial charge in [0, 0.05) is 26.2 Å². The van der Waals surface area contributed by atoms with Gasteiger partial charge in [0.1, 0.15) is 5.69 Å². The van der Waals surface area contributed by atoms with Gasteiger partial charge in [-0.25, -0.2) is 13.1 Å². The second kappa shape index (κ2) is 6.64. The molecule has 20 heavy (non-hydrogen) atoms. The second-order valence-electron chi connectivity index (χ2n) is 4.14. The van der Waals surface area contributed by atoms with Crippen molar-refractivity contribution in [2.24, 2.45) is 0 Å². The summed E-state index contributed by atoms with van der Waals surface area (Å²) in [5.74, 6) is 0. The predicted octanol–water partition coefficient (Wildman–Crippen LogP) is 0.159. The smallest absolute Gasteiger partial charge is 0.293 e. The van der Waals surface area contributed by atoms with Gasteiger partial charge in [-0.3, -0.25) is 10.1 Å². The van der Waals surface area contributed by atoms with Crippen LogP contribution in [-0.4, -0.2) is 47.6 Å². The Morgan fingerprint density at radius 2 is 2.00 bits per heavy atom. The Balaban J connectivity index is 3.25. The summed E-state index contributed by atoms with van der Waals surface area (Å²) in [6, 6.07) is 3.86. The maximum atomic E-state index is 11.7. The van der Waals surface area contributed by atoms with Crippen molar-refractivity contribution in [2.75, 3.05) is 39.1 Å². The Morgan fingerprint density at radius 1 is 1.35 bits per heavy atom. The van der Waals surface area contributed by atoms with Crippen LogP contribution in [0.2, 0.25) is 0 Å². The maximum absolute atomic E-state index is 11.7. The quantitative estimate of drug-likeness (QED) is 0.549. The molecule has 1 aromatic rings. The van der Waals surface area contributed by atoms with Crippen molar-refractivity contribution in [1.29, 1.82) is 0 Å². The van der Waals surface area contributed by atoms with Crippen molar-refractivity contribution in [3.63, 3.8) is 0 Å². The number of sulfonamides is 1. The molecule has 0 heterocycles. The predicted molar refractivity (Wildman–Crippen MR) is 76.5 cm³/mol. The Kier molecular flexibility index (Phi) is 5.43. The Bertz CT molecular complexity index is 588. The lowest BCUT2D eigenvalue weighted by molar-refractivity contribution is -0.384. The number of nitro groups is 1. The maximum Gasteiger partial charge on any atom is 0.293 e. The Labute approximate surface area is 118 Å². The molecule has 1 aromatic carbocycles. The minimum Gasteiger partial charge on any atom is -0.368 e. The third kappa shape index (κ3) is 3.65. The molecule has 1 rings (SSSR count). The largest absolute Gasteiger partial charge is 0.368 e. The molecule has 0 fully saturated rings. The molecular formula is C11H18N4O4S. The number of anilines is 1. The fourth-order valence-electron chi connectivity index (χ4n) is 1.66. The number of hydrogen-bond acceptors (Lipinski definition) is 6. The van der Waals surface area contributed by atoms with E-state index in [0.717, 1.165) is 6.07 Å². The molecule has 0 spiro atoms. The van der Waals surface area contributed by atoms with Crippen molar-refractivity contribution in [3.05, 3.63) is 28.3 Å². The van der Waals surface area contributed by atoms with E-state index in [2.05, 4.69) is 10.0 Å². The van der Waals surface area contributed by atoms with Crippen LogP contribution in [0, 0.1) is 10.1 Å². The minimum absolute atomic E-state index is 0.127. The third-order valence-corrected chi connectivity index (χ3v) is 4.24. The summed E-state index contributed by atoms with van der Waals surface area (Å²) >= 11 is 0. The van der Waals surface area contributed by atoms with Gasteiger partial charge in [0.15, 0.2) is 0 Å². The molecule has 0 radical (unpaired) electrons. The lowest BCUT2D eigenvalue weighted by Gasteiger charge is -2.19. The van der Waals surface area contributed by atoms with Crippen LogP contribution < -0.4 is 14.9 Å². The van der Waals surface area contributed by atoms with E-state index in [1.165, 1.54) is 19.2 Å². The normalized spacial score (nSPS) is 11.3. The molecule has 0 aromatic heterocycles. The van der Waals surface area contributed by atoms with Crippen LogP contribution in [0.5, 0.6) is 0 Å². The first kappa shape index (κ1) is 16.3. The van der Waals surface area contributed by atoms with Crippen LogP contribution >= 0.6 is 0 Å². The Hall–Kier alpha value is -1.71. The average molecular weight is 302 g/mol. The van der Waals surface area contributed by atoms with Crippen LogP contribution in [0.15, 0.2) is 23.1 Å². The van der Waals surface area contributed by atoms with Gasteiger partial charge in [-0.2, -0.15) is 0 Å². The summed E-state index contributed by atoms with van der Waals surface area (Å²) in [7, 11) is 1.06. The summed E-state index contributed by atoms with van der Waals surface area (Å²) in [5.41, 5.74) is 0.139.